The molecule has 2 aromatic rings. The SMILES string of the molecule is CNC(=O)c1ccc(F)c(NC(=O)C2c3ccccc3CN2C(=O)C(NC)C2CCOCC2)c1. The Hall–Kier alpha value is -3.30. The van der Waals surface area contributed by atoms with Crippen LogP contribution in [0, 0.1) is 11.7 Å². The largest absolute Gasteiger partial charge is 0.381 e. The third-order valence-electron chi connectivity index (χ3n) is 6.56. The summed E-state index contributed by atoms with van der Waals surface area (Å²) in [4.78, 5) is 40.7. The summed E-state index contributed by atoms with van der Waals surface area (Å²) in [5.41, 5.74) is 1.68. The van der Waals surface area contributed by atoms with Crippen molar-refractivity contribution in [3.8, 4) is 0 Å². The first-order chi connectivity index (χ1) is 16.4. The number of benzene rings is 2. The number of hydrogen-bond acceptors (Lipinski definition) is 5. The van der Waals surface area contributed by atoms with Gasteiger partial charge in [0.1, 0.15) is 11.9 Å². The van der Waals surface area contributed by atoms with Gasteiger partial charge in [0, 0.05) is 32.4 Å². The fourth-order valence-electron chi connectivity index (χ4n) is 4.77. The molecule has 2 unspecified atom stereocenters. The highest BCUT2D eigenvalue weighted by atomic mass is 19.1. The second kappa shape index (κ2) is 10.3. The van der Waals surface area contributed by atoms with Crippen molar-refractivity contribution in [1.29, 1.82) is 0 Å². The van der Waals surface area contributed by atoms with Gasteiger partial charge in [0.25, 0.3) is 11.8 Å². The summed E-state index contributed by atoms with van der Waals surface area (Å²) in [7, 11) is 3.22. The van der Waals surface area contributed by atoms with Crippen LogP contribution < -0.4 is 16.0 Å². The second-order valence-electron chi connectivity index (χ2n) is 8.55. The zero-order valence-electron chi connectivity index (χ0n) is 19.3. The average Bonchev–Trinajstić information content (AvgIpc) is 3.26. The zero-order chi connectivity index (χ0) is 24.2. The van der Waals surface area contributed by atoms with Crippen molar-refractivity contribution in [2.75, 3.05) is 32.6 Å². The van der Waals surface area contributed by atoms with Gasteiger partial charge in [0.05, 0.1) is 11.7 Å². The molecule has 2 aliphatic rings. The van der Waals surface area contributed by atoms with Crippen LogP contribution in [0.15, 0.2) is 42.5 Å². The van der Waals surface area contributed by atoms with Crippen LogP contribution in [0.3, 0.4) is 0 Å². The lowest BCUT2D eigenvalue weighted by molar-refractivity contribution is -0.142. The molecule has 34 heavy (non-hydrogen) atoms. The van der Waals surface area contributed by atoms with Crippen LogP contribution in [0.4, 0.5) is 10.1 Å². The number of fused-ring (bicyclic) bond motifs is 1. The maximum absolute atomic E-state index is 14.5. The molecule has 1 fully saturated rings. The van der Waals surface area contributed by atoms with Crippen LogP contribution in [-0.2, 0) is 20.9 Å². The zero-order valence-corrected chi connectivity index (χ0v) is 19.3. The molecule has 3 N–H and O–H groups in total. The Morgan fingerprint density at radius 2 is 1.82 bits per heavy atom. The fourth-order valence-corrected chi connectivity index (χ4v) is 4.77. The van der Waals surface area contributed by atoms with Gasteiger partial charge in [-0.3, -0.25) is 14.4 Å². The Morgan fingerprint density at radius 3 is 2.53 bits per heavy atom. The molecule has 2 aromatic carbocycles. The van der Waals surface area contributed by atoms with E-state index in [0.717, 1.165) is 24.5 Å². The van der Waals surface area contributed by atoms with Crippen molar-refractivity contribution in [1.82, 2.24) is 15.5 Å². The summed E-state index contributed by atoms with van der Waals surface area (Å²) in [5, 5.41) is 8.22. The minimum absolute atomic E-state index is 0.0976. The Morgan fingerprint density at radius 1 is 1.09 bits per heavy atom. The van der Waals surface area contributed by atoms with Gasteiger partial charge in [-0.15, -0.1) is 0 Å². The molecule has 4 rings (SSSR count). The van der Waals surface area contributed by atoms with Gasteiger partial charge < -0.3 is 25.6 Å². The Balaban J connectivity index is 1.63. The van der Waals surface area contributed by atoms with E-state index in [1.54, 1.807) is 11.9 Å². The second-order valence-corrected chi connectivity index (χ2v) is 8.55. The van der Waals surface area contributed by atoms with Crippen LogP contribution in [0.1, 0.15) is 40.4 Å². The van der Waals surface area contributed by atoms with E-state index in [2.05, 4.69) is 16.0 Å². The Labute approximate surface area is 197 Å². The van der Waals surface area contributed by atoms with Crippen molar-refractivity contribution in [2.45, 2.75) is 31.5 Å². The Bertz CT molecular complexity index is 1090. The minimum atomic E-state index is -0.914. The smallest absolute Gasteiger partial charge is 0.251 e. The standard InChI is InChI=1S/C25H29FN4O4/c1-27-21(15-9-11-34-12-10-15)25(33)30-14-17-5-3-4-6-18(17)22(30)24(32)29-20-13-16(23(31)28-2)7-8-19(20)26/h3-8,13,15,21-22,27H,9-12,14H2,1-2H3,(H,28,31)(H,29,32). The molecule has 180 valence electrons. The van der Waals surface area contributed by atoms with Gasteiger partial charge in [-0.1, -0.05) is 24.3 Å². The van der Waals surface area contributed by atoms with Gasteiger partial charge in [-0.2, -0.15) is 0 Å². The van der Waals surface area contributed by atoms with Gasteiger partial charge >= 0.3 is 0 Å². The highest BCUT2D eigenvalue weighted by Gasteiger charge is 2.42. The summed E-state index contributed by atoms with van der Waals surface area (Å²) in [6, 6.07) is 9.77. The number of carbonyl (C=O) groups excluding carboxylic acids is 3. The van der Waals surface area contributed by atoms with Crippen LogP contribution in [0.5, 0.6) is 0 Å². The number of amides is 3. The van der Waals surface area contributed by atoms with E-state index in [-0.39, 0.29) is 29.6 Å². The molecule has 2 heterocycles. The topological polar surface area (TPSA) is 99.8 Å². The van der Waals surface area contributed by atoms with Gasteiger partial charge in [-0.05, 0) is 55.1 Å². The van der Waals surface area contributed by atoms with E-state index in [4.69, 9.17) is 4.74 Å². The van der Waals surface area contributed by atoms with E-state index in [0.29, 0.717) is 18.8 Å². The number of ether oxygens (including phenoxy) is 1. The molecule has 3 amide bonds. The number of rotatable bonds is 6. The quantitative estimate of drug-likeness (QED) is 0.604. The van der Waals surface area contributed by atoms with E-state index in [1.165, 1.54) is 19.2 Å². The maximum Gasteiger partial charge on any atom is 0.251 e. The molecular formula is C25H29FN4O4. The predicted octanol–water partition coefficient (Wildman–Crippen LogP) is 2.22. The van der Waals surface area contributed by atoms with Gasteiger partial charge in [0.15, 0.2) is 0 Å². The number of halogens is 1. The molecule has 2 atom stereocenters. The molecule has 0 saturated carbocycles. The molecule has 9 heteroatoms. The lowest BCUT2D eigenvalue weighted by Crippen LogP contribution is -2.51. The molecule has 0 bridgehead atoms. The lowest BCUT2D eigenvalue weighted by atomic mass is 9.90. The molecule has 0 spiro atoms. The summed E-state index contributed by atoms with van der Waals surface area (Å²) >= 11 is 0. The van der Waals surface area contributed by atoms with E-state index in [1.807, 2.05) is 24.3 Å². The number of nitrogens with one attached hydrogen (secondary N) is 3. The van der Waals surface area contributed by atoms with Gasteiger partial charge in [0.2, 0.25) is 5.91 Å². The highest BCUT2D eigenvalue weighted by Crippen LogP contribution is 2.36. The molecule has 8 nitrogen and oxygen atoms in total. The number of likely N-dealkylation sites (N-methyl/N-ethyl adjacent to an activating group) is 1. The first-order valence-electron chi connectivity index (χ1n) is 11.4. The van der Waals surface area contributed by atoms with Crippen molar-refractivity contribution in [2.24, 2.45) is 5.92 Å². The number of nitrogens with zero attached hydrogens (tertiary/aromatic N) is 1. The van der Waals surface area contributed by atoms with Crippen LogP contribution in [0.2, 0.25) is 0 Å². The van der Waals surface area contributed by atoms with Crippen molar-refractivity contribution >= 4 is 23.4 Å². The van der Waals surface area contributed by atoms with Crippen LogP contribution in [0.25, 0.3) is 0 Å². The summed E-state index contributed by atoms with van der Waals surface area (Å²) in [5.74, 6) is -1.67. The van der Waals surface area contributed by atoms with E-state index < -0.39 is 29.7 Å². The molecular weight excluding hydrogens is 439 g/mol. The Kier molecular flexibility index (Phi) is 7.23. The predicted molar refractivity (Wildman–Crippen MR) is 125 cm³/mol. The van der Waals surface area contributed by atoms with Crippen LogP contribution >= 0.6 is 0 Å². The number of anilines is 1. The van der Waals surface area contributed by atoms with Crippen molar-refractivity contribution in [3.05, 3.63) is 65.0 Å². The molecule has 0 aromatic heterocycles. The van der Waals surface area contributed by atoms with Crippen molar-refractivity contribution in [3.63, 3.8) is 0 Å². The van der Waals surface area contributed by atoms with E-state index in [9.17, 15) is 18.8 Å². The summed E-state index contributed by atoms with van der Waals surface area (Å²) in [6.45, 7) is 1.48. The first-order valence-corrected chi connectivity index (χ1v) is 11.4. The molecule has 0 radical (unpaired) electrons. The van der Waals surface area contributed by atoms with E-state index >= 15 is 0 Å². The number of hydrogen-bond donors (Lipinski definition) is 3. The summed E-state index contributed by atoms with van der Waals surface area (Å²) in [6.07, 6.45) is 1.51. The third kappa shape index (κ3) is 4.67. The molecule has 1 saturated heterocycles. The molecule has 0 aliphatic carbocycles. The average molecular weight is 469 g/mol. The minimum Gasteiger partial charge on any atom is -0.381 e. The van der Waals surface area contributed by atoms with Gasteiger partial charge in [-0.25, -0.2) is 4.39 Å². The van der Waals surface area contributed by atoms with Crippen molar-refractivity contribution < 1.29 is 23.5 Å². The maximum atomic E-state index is 14.5. The first kappa shape index (κ1) is 23.8. The normalized spacial score (nSPS) is 18.8. The summed E-state index contributed by atoms with van der Waals surface area (Å²) < 4.78 is 20.0. The monoisotopic (exact) mass is 468 g/mol. The van der Waals surface area contributed by atoms with Crippen LogP contribution in [-0.4, -0.2) is 56.0 Å². The fraction of sp³-hybridized carbons (Fsp3) is 0.400. The molecule has 2 aliphatic heterocycles. The number of carbonyl (C=O) groups is 3. The lowest BCUT2D eigenvalue weighted by Gasteiger charge is -2.34. The third-order valence-corrected chi connectivity index (χ3v) is 6.56. The highest BCUT2D eigenvalue weighted by molar-refractivity contribution is 6.01.